The van der Waals surface area contributed by atoms with Gasteiger partial charge in [-0.15, -0.1) is 0 Å². The summed E-state index contributed by atoms with van der Waals surface area (Å²) >= 11 is 12.4. The molecule has 0 N–H and O–H groups in total. The SMILES string of the molecule is N#CC(=Cc1cn(Cc2ccc(Cl)cc2Cl)c2ccccc12)c1cccc([N+](=O)[O-])c1. The summed E-state index contributed by atoms with van der Waals surface area (Å²) in [5.74, 6) is 0. The lowest BCUT2D eigenvalue weighted by Crippen LogP contribution is -1.98. The summed E-state index contributed by atoms with van der Waals surface area (Å²) in [7, 11) is 0. The predicted octanol–water partition coefficient (Wildman–Crippen LogP) is 6.97. The van der Waals surface area contributed by atoms with Crippen LogP contribution in [0.5, 0.6) is 0 Å². The molecule has 0 amide bonds. The number of hydrogen-bond donors (Lipinski definition) is 0. The number of allylic oxidation sites excluding steroid dienone is 1. The quantitative estimate of drug-likeness (QED) is 0.188. The molecule has 0 saturated heterocycles. The van der Waals surface area contributed by atoms with Gasteiger partial charge in [-0.25, -0.2) is 0 Å². The maximum atomic E-state index is 11.1. The average Bonchev–Trinajstić information content (AvgIpc) is 3.11. The van der Waals surface area contributed by atoms with Gasteiger partial charge < -0.3 is 4.57 Å². The monoisotopic (exact) mass is 447 g/mol. The van der Waals surface area contributed by atoms with Crippen LogP contribution in [0, 0.1) is 21.4 Å². The largest absolute Gasteiger partial charge is 0.342 e. The zero-order chi connectivity index (χ0) is 22.0. The number of benzene rings is 3. The van der Waals surface area contributed by atoms with Gasteiger partial charge in [0.25, 0.3) is 5.69 Å². The van der Waals surface area contributed by atoms with Gasteiger partial charge in [0.2, 0.25) is 0 Å². The van der Waals surface area contributed by atoms with Crippen LogP contribution in [0.15, 0.2) is 72.9 Å². The minimum absolute atomic E-state index is 0.0570. The molecule has 0 spiro atoms. The first-order chi connectivity index (χ1) is 15.0. The van der Waals surface area contributed by atoms with E-state index in [2.05, 4.69) is 10.6 Å². The van der Waals surface area contributed by atoms with Crippen LogP contribution < -0.4 is 0 Å². The molecule has 0 fully saturated rings. The van der Waals surface area contributed by atoms with Crippen LogP contribution in [-0.4, -0.2) is 9.49 Å². The molecule has 0 aliphatic heterocycles. The van der Waals surface area contributed by atoms with Gasteiger partial charge in [0.1, 0.15) is 0 Å². The minimum Gasteiger partial charge on any atom is -0.342 e. The van der Waals surface area contributed by atoms with Gasteiger partial charge in [-0.1, -0.05) is 59.6 Å². The zero-order valence-electron chi connectivity index (χ0n) is 16.1. The molecule has 1 aromatic heterocycles. The Labute approximate surface area is 188 Å². The third-order valence-corrected chi connectivity index (χ3v) is 5.55. The van der Waals surface area contributed by atoms with E-state index in [0.29, 0.717) is 27.7 Å². The molecule has 0 unspecified atom stereocenters. The van der Waals surface area contributed by atoms with E-state index < -0.39 is 4.92 Å². The van der Waals surface area contributed by atoms with Gasteiger partial charge in [-0.05, 0) is 35.4 Å². The number of rotatable bonds is 5. The Morgan fingerprint density at radius 3 is 2.65 bits per heavy atom. The van der Waals surface area contributed by atoms with Crippen LogP contribution in [0.25, 0.3) is 22.6 Å². The van der Waals surface area contributed by atoms with Gasteiger partial charge in [-0.3, -0.25) is 10.1 Å². The first-order valence-corrected chi connectivity index (χ1v) is 10.1. The molecule has 0 atom stereocenters. The van der Waals surface area contributed by atoms with E-state index in [-0.39, 0.29) is 5.69 Å². The Balaban J connectivity index is 1.80. The number of nitro benzene ring substituents is 1. The van der Waals surface area contributed by atoms with Gasteiger partial charge >= 0.3 is 0 Å². The van der Waals surface area contributed by atoms with Crippen LogP contribution in [0.3, 0.4) is 0 Å². The Morgan fingerprint density at radius 2 is 1.90 bits per heavy atom. The molecule has 5 nitrogen and oxygen atoms in total. The van der Waals surface area contributed by atoms with Crippen molar-refractivity contribution in [1.82, 2.24) is 4.57 Å². The molecule has 4 aromatic rings. The van der Waals surface area contributed by atoms with Crippen molar-refractivity contribution in [1.29, 1.82) is 5.26 Å². The number of halogens is 2. The van der Waals surface area contributed by atoms with Crippen LogP contribution in [0.2, 0.25) is 10.0 Å². The molecule has 0 aliphatic rings. The standard InChI is InChI=1S/C24H15Cl2N3O2/c25-20-9-8-17(23(26)12-20)14-28-15-19(22-6-1-2-7-24(22)28)10-18(13-27)16-4-3-5-21(11-16)29(30)31/h1-12,15H,14H2. The van der Waals surface area contributed by atoms with E-state index in [1.807, 2.05) is 36.5 Å². The second-order valence-electron chi connectivity index (χ2n) is 6.94. The lowest BCUT2D eigenvalue weighted by molar-refractivity contribution is -0.384. The molecule has 4 rings (SSSR count). The van der Waals surface area contributed by atoms with Crippen molar-refractivity contribution in [2.24, 2.45) is 0 Å². The minimum atomic E-state index is -0.472. The summed E-state index contributed by atoms with van der Waals surface area (Å²) in [6, 6.07) is 21.5. The van der Waals surface area contributed by atoms with Crippen LogP contribution in [0.1, 0.15) is 16.7 Å². The lowest BCUT2D eigenvalue weighted by Gasteiger charge is -2.08. The van der Waals surface area contributed by atoms with Crippen molar-refractivity contribution < 1.29 is 4.92 Å². The summed E-state index contributed by atoms with van der Waals surface area (Å²) in [6.07, 6.45) is 3.70. The molecule has 152 valence electrons. The number of nitriles is 1. The van der Waals surface area contributed by atoms with Crippen LogP contribution >= 0.6 is 23.2 Å². The summed E-state index contributed by atoms with van der Waals surface area (Å²) in [6.45, 7) is 0.531. The molecule has 0 aliphatic carbocycles. The number of nitrogens with zero attached hydrogens (tertiary/aromatic N) is 3. The van der Waals surface area contributed by atoms with E-state index in [1.165, 1.54) is 12.1 Å². The molecular formula is C24H15Cl2N3O2. The molecule has 0 saturated carbocycles. The Kier molecular flexibility index (Phi) is 5.77. The van der Waals surface area contributed by atoms with Crippen molar-refractivity contribution in [3.63, 3.8) is 0 Å². The maximum Gasteiger partial charge on any atom is 0.270 e. The molecular weight excluding hydrogens is 433 g/mol. The molecule has 31 heavy (non-hydrogen) atoms. The summed E-state index contributed by atoms with van der Waals surface area (Å²) in [4.78, 5) is 10.6. The number of fused-ring (bicyclic) bond motifs is 1. The van der Waals surface area contributed by atoms with Gasteiger partial charge in [0.15, 0.2) is 0 Å². The highest BCUT2D eigenvalue weighted by Crippen LogP contribution is 2.29. The fraction of sp³-hybridized carbons (Fsp3) is 0.0417. The van der Waals surface area contributed by atoms with Crippen molar-refractivity contribution in [3.8, 4) is 6.07 Å². The van der Waals surface area contributed by atoms with Crippen molar-refractivity contribution in [2.75, 3.05) is 0 Å². The van der Waals surface area contributed by atoms with Gasteiger partial charge in [-0.2, -0.15) is 5.26 Å². The Morgan fingerprint density at radius 1 is 1.10 bits per heavy atom. The summed E-state index contributed by atoms with van der Waals surface area (Å²) < 4.78 is 2.05. The highest BCUT2D eigenvalue weighted by atomic mass is 35.5. The van der Waals surface area contributed by atoms with Gasteiger partial charge in [0, 0.05) is 51.4 Å². The van der Waals surface area contributed by atoms with Crippen LogP contribution in [-0.2, 0) is 6.54 Å². The summed E-state index contributed by atoms with van der Waals surface area (Å²) in [5.41, 5.74) is 3.52. The first-order valence-electron chi connectivity index (χ1n) is 9.34. The number of nitro groups is 1. The van der Waals surface area contributed by atoms with Gasteiger partial charge in [0.05, 0.1) is 16.6 Å². The third kappa shape index (κ3) is 4.31. The number of para-hydroxylation sites is 1. The normalized spacial score (nSPS) is 11.5. The first kappa shape index (κ1) is 20.7. The molecule has 0 radical (unpaired) electrons. The number of non-ortho nitro benzene ring substituents is 1. The molecule has 0 bridgehead atoms. The number of aromatic nitrogens is 1. The highest BCUT2D eigenvalue weighted by Gasteiger charge is 2.12. The Bertz CT molecular complexity index is 1380. The fourth-order valence-corrected chi connectivity index (χ4v) is 3.95. The highest BCUT2D eigenvalue weighted by molar-refractivity contribution is 6.35. The van der Waals surface area contributed by atoms with Crippen LogP contribution in [0.4, 0.5) is 5.69 Å². The topological polar surface area (TPSA) is 71.9 Å². The van der Waals surface area contributed by atoms with E-state index >= 15 is 0 Å². The maximum absolute atomic E-state index is 11.1. The van der Waals surface area contributed by atoms with E-state index in [9.17, 15) is 15.4 Å². The smallest absolute Gasteiger partial charge is 0.270 e. The van der Waals surface area contributed by atoms with E-state index in [1.54, 1.807) is 30.3 Å². The fourth-order valence-electron chi connectivity index (χ4n) is 3.48. The molecule has 7 heteroatoms. The average molecular weight is 448 g/mol. The predicted molar refractivity (Wildman–Crippen MR) is 124 cm³/mol. The molecule has 3 aromatic carbocycles. The second-order valence-corrected chi connectivity index (χ2v) is 7.79. The van der Waals surface area contributed by atoms with Crippen molar-refractivity contribution in [3.05, 3.63) is 110 Å². The lowest BCUT2D eigenvalue weighted by atomic mass is 10.0. The van der Waals surface area contributed by atoms with E-state index in [4.69, 9.17) is 23.2 Å². The third-order valence-electron chi connectivity index (χ3n) is 4.96. The Hall–Kier alpha value is -3.59. The summed E-state index contributed by atoms with van der Waals surface area (Å²) in [5, 5.41) is 22.9. The zero-order valence-corrected chi connectivity index (χ0v) is 17.6. The van der Waals surface area contributed by atoms with Crippen molar-refractivity contribution >= 4 is 51.4 Å². The molecule has 1 heterocycles. The van der Waals surface area contributed by atoms with Crippen molar-refractivity contribution in [2.45, 2.75) is 6.54 Å². The van der Waals surface area contributed by atoms with E-state index in [0.717, 1.165) is 22.0 Å². The number of hydrogen-bond acceptors (Lipinski definition) is 3. The second kappa shape index (κ2) is 8.65.